The molecule has 1 aromatic heterocycles. The summed E-state index contributed by atoms with van der Waals surface area (Å²) in [7, 11) is 0. The molecule has 0 aliphatic heterocycles. The molecule has 2 aromatic rings. The number of aromatic nitrogens is 1. The minimum atomic E-state index is -4.43. The molecule has 1 aliphatic rings. The predicted octanol–water partition coefficient (Wildman–Crippen LogP) is 3.35. The van der Waals surface area contributed by atoms with Crippen molar-refractivity contribution in [2.45, 2.75) is 24.4 Å². The molecule has 0 spiro atoms. The van der Waals surface area contributed by atoms with Crippen molar-refractivity contribution in [3.8, 4) is 0 Å². The summed E-state index contributed by atoms with van der Waals surface area (Å²) < 4.78 is 38.5. The van der Waals surface area contributed by atoms with Gasteiger partial charge in [0.2, 0.25) is 5.91 Å². The number of hydrogen-bond acceptors (Lipinski definition) is 3. The Bertz CT molecular complexity index is 737. The van der Waals surface area contributed by atoms with E-state index in [-0.39, 0.29) is 5.91 Å². The highest BCUT2D eigenvalue weighted by Crippen LogP contribution is 2.49. The molecule has 7 heteroatoms. The number of nitrogens with two attached hydrogens (primary N) is 1. The minimum absolute atomic E-state index is 0.321. The van der Waals surface area contributed by atoms with E-state index in [2.05, 4.69) is 10.3 Å². The first kappa shape index (κ1) is 15.3. The number of rotatable bonds is 3. The standard InChI is InChI=1S/C16H14F3N3O/c17-16(18,19)11-3-1-2-10(8-11)15(6-7-15)14(23)22-12-4-5-13(20)21-9-12/h1-5,8-9H,6-7H2,(H2,20,21)(H,22,23). The maximum Gasteiger partial charge on any atom is 0.416 e. The van der Waals surface area contributed by atoms with E-state index in [4.69, 9.17) is 5.73 Å². The molecule has 1 aromatic carbocycles. The first-order chi connectivity index (χ1) is 10.8. The summed E-state index contributed by atoms with van der Waals surface area (Å²) >= 11 is 0. The van der Waals surface area contributed by atoms with Crippen molar-refractivity contribution < 1.29 is 18.0 Å². The Labute approximate surface area is 130 Å². The van der Waals surface area contributed by atoms with Gasteiger partial charge in [-0.2, -0.15) is 13.2 Å². The van der Waals surface area contributed by atoms with Crippen LogP contribution < -0.4 is 11.1 Å². The first-order valence-electron chi connectivity index (χ1n) is 7.02. The first-order valence-corrected chi connectivity index (χ1v) is 7.02. The van der Waals surface area contributed by atoms with E-state index in [1.165, 1.54) is 12.3 Å². The summed E-state index contributed by atoms with van der Waals surface area (Å²) in [5.41, 5.74) is 4.67. The lowest BCUT2D eigenvalue weighted by atomic mass is 9.93. The van der Waals surface area contributed by atoms with Crippen molar-refractivity contribution in [1.82, 2.24) is 4.98 Å². The lowest BCUT2D eigenvalue weighted by Crippen LogP contribution is -2.28. The van der Waals surface area contributed by atoms with E-state index < -0.39 is 17.2 Å². The van der Waals surface area contributed by atoms with E-state index in [0.717, 1.165) is 12.1 Å². The molecule has 1 saturated carbocycles. The second-order valence-corrected chi connectivity index (χ2v) is 5.59. The predicted molar refractivity (Wildman–Crippen MR) is 79.6 cm³/mol. The van der Waals surface area contributed by atoms with Crippen LogP contribution >= 0.6 is 0 Å². The lowest BCUT2D eigenvalue weighted by molar-refractivity contribution is -0.137. The van der Waals surface area contributed by atoms with Crippen LogP contribution in [0.2, 0.25) is 0 Å². The van der Waals surface area contributed by atoms with Crippen LogP contribution in [0.15, 0.2) is 42.6 Å². The second-order valence-electron chi connectivity index (χ2n) is 5.59. The molecule has 1 amide bonds. The van der Waals surface area contributed by atoms with Crippen LogP contribution in [0.5, 0.6) is 0 Å². The quantitative estimate of drug-likeness (QED) is 0.911. The van der Waals surface area contributed by atoms with Gasteiger partial charge in [-0.05, 0) is 36.6 Å². The molecule has 120 valence electrons. The molecule has 0 unspecified atom stereocenters. The van der Waals surface area contributed by atoms with Gasteiger partial charge < -0.3 is 11.1 Å². The summed E-state index contributed by atoms with van der Waals surface area (Å²) in [5.74, 6) is -0.00888. The normalized spacial score (nSPS) is 16.0. The number of pyridine rings is 1. The van der Waals surface area contributed by atoms with Crippen LogP contribution in [0.1, 0.15) is 24.0 Å². The zero-order valence-electron chi connectivity index (χ0n) is 12.0. The number of carbonyl (C=O) groups excluding carboxylic acids is 1. The monoisotopic (exact) mass is 321 g/mol. The third-order valence-corrected chi connectivity index (χ3v) is 3.97. The molecule has 1 heterocycles. The maximum atomic E-state index is 12.8. The van der Waals surface area contributed by atoms with E-state index in [1.54, 1.807) is 18.2 Å². The minimum Gasteiger partial charge on any atom is -0.384 e. The number of nitrogens with zero attached hydrogens (tertiary/aromatic N) is 1. The number of nitrogen functional groups attached to an aromatic ring is 1. The van der Waals surface area contributed by atoms with Crippen LogP contribution in [0.3, 0.4) is 0 Å². The van der Waals surface area contributed by atoms with Crippen LogP contribution in [0.4, 0.5) is 24.7 Å². The van der Waals surface area contributed by atoms with E-state index in [1.807, 2.05) is 0 Å². The Balaban J connectivity index is 1.84. The number of anilines is 2. The summed E-state index contributed by atoms with van der Waals surface area (Å²) in [4.78, 5) is 16.4. The van der Waals surface area contributed by atoms with Gasteiger partial charge in [0.1, 0.15) is 5.82 Å². The molecular formula is C16H14F3N3O. The fourth-order valence-corrected chi connectivity index (χ4v) is 2.50. The Hall–Kier alpha value is -2.57. The van der Waals surface area contributed by atoms with Gasteiger partial charge in [-0.15, -0.1) is 0 Å². The van der Waals surface area contributed by atoms with E-state index in [9.17, 15) is 18.0 Å². The van der Waals surface area contributed by atoms with E-state index >= 15 is 0 Å². The summed E-state index contributed by atoms with van der Waals surface area (Å²) in [6.07, 6.45) is -1.98. The molecule has 4 nitrogen and oxygen atoms in total. The Kier molecular flexibility index (Phi) is 3.50. The number of carbonyl (C=O) groups is 1. The van der Waals surface area contributed by atoms with Crippen LogP contribution in [0.25, 0.3) is 0 Å². The van der Waals surface area contributed by atoms with Crippen LogP contribution in [-0.4, -0.2) is 10.9 Å². The van der Waals surface area contributed by atoms with Gasteiger partial charge in [0, 0.05) is 0 Å². The molecule has 1 aliphatic carbocycles. The second kappa shape index (κ2) is 5.26. The van der Waals surface area contributed by atoms with Crippen molar-refractivity contribution in [1.29, 1.82) is 0 Å². The highest BCUT2D eigenvalue weighted by Gasteiger charge is 2.51. The number of benzene rings is 1. The highest BCUT2D eigenvalue weighted by molar-refractivity contribution is 6.01. The number of halogens is 3. The van der Waals surface area contributed by atoms with Crippen molar-refractivity contribution in [2.75, 3.05) is 11.1 Å². The molecule has 0 bridgehead atoms. The Morgan fingerprint density at radius 1 is 1.22 bits per heavy atom. The number of amides is 1. The lowest BCUT2D eigenvalue weighted by Gasteiger charge is -2.17. The van der Waals surface area contributed by atoms with Crippen molar-refractivity contribution >= 4 is 17.4 Å². The van der Waals surface area contributed by atoms with Gasteiger partial charge in [-0.1, -0.05) is 18.2 Å². The number of hydrogen-bond donors (Lipinski definition) is 2. The van der Waals surface area contributed by atoms with E-state index in [0.29, 0.717) is 29.9 Å². The maximum absolute atomic E-state index is 12.8. The molecule has 3 rings (SSSR count). The summed E-state index contributed by atoms with van der Waals surface area (Å²) in [6, 6.07) is 8.08. The molecule has 0 saturated heterocycles. The summed E-state index contributed by atoms with van der Waals surface area (Å²) in [5, 5.41) is 2.69. The molecule has 23 heavy (non-hydrogen) atoms. The zero-order valence-corrected chi connectivity index (χ0v) is 12.0. The van der Waals surface area contributed by atoms with Crippen molar-refractivity contribution in [2.24, 2.45) is 0 Å². The zero-order chi connectivity index (χ0) is 16.7. The number of alkyl halides is 3. The Morgan fingerprint density at radius 2 is 1.96 bits per heavy atom. The average molecular weight is 321 g/mol. The van der Waals surface area contributed by atoms with Crippen LogP contribution in [0, 0.1) is 0 Å². The van der Waals surface area contributed by atoms with Crippen molar-refractivity contribution in [3.63, 3.8) is 0 Å². The SMILES string of the molecule is Nc1ccc(NC(=O)C2(c3cccc(C(F)(F)F)c3)CC2)cn1. The van der Waals surface area contributed by atoms with Gasteiger partial charge in [-0.25, -0.2) is 4.98 Å². The van der Waals surface area contributed by atoms with Gasteiger partial charge in [0.25, 0.3) is 0 Å². The van der Waals surface area contributed by atoms with Gasteiger partial charge in [0.05, 0.1) is 22.9 Å². The average Bonchev–Trinajstić information content (AvgIpc) is 3.31. The smallest absolute Gasteiger partial charge is 0.384 e. The highest BCUT2D eigenvalue weighted by atomic mass is 19.4. The molecule has 0 atom stereocenters. The molecular weight excluding hydrogens is 307 g/mol. The van der Waals surface area contributed by atoms with Crippen molar-refractivity contribution in [3.05, 3.63) is 53.7 Å². The summed E-state index contributed by atoms with van der Waals surface area (Å²) in [6.45, 7) is 0. The van der Waals surface area contributed by atoms with Crippen LogP contribution in [-0.2, 0) is 16.4 Å². The Morgan fingerprint density at radius 3 is 2.52 bits per heavy atom. The largest absolute Gasteiger partial charge is 0.416 e. The fourth-order valence-electron chi connectivity index (χ4n) is 2.50. The van der Waals surface area contributed by atoms with Gasteiger partial charge in [0.15, 0.2) is 0 Å². The van der Waals surface area contributed by atoms with Gasteiger partial charge in [-0.3, -0.25) is 4.79 Å². The molecule has 3 N–H and O–H groups in total. The topological polar surface area (TPSA) is 68.0 Å². The third kappa shape index (κ3) is 2.99. The number of nitrogens with one attached hydrogen (secondary N) is 1. The molecule has 0 radical (unpaired) electrons. The fraction of sp³-hybridized carbons (Fsp3) is 0.250. The van der Waals surface area contributed by atoms with Gasteiger partial charge >= 0.3 is 6.18 Å². The third-order valence-electron chi connectivity index (χ3n) is 3.97. The molecule has 1 fully saturated rings.